The molecule has 0 atom stereocenters. The molecule has 0 bridgehead atoms. The first-order valence-corrected chi connectivity index (χ1v) is 7.31. The van der Waals surface area contributed by atoms with Crippen molar-refractivity contribution in [1.82, 2.24) is 4.90 Å². The van der Waals surface area contributed by atoms with Crippen LogP contribution in [0.4, 0.5) is 5.69 Å². The summed E-state index contributed by atoms with van der Waals surface area (Å²) in [6.07, 6.45) is 0. The largest absolute Gasteiger partial charge is 0.492 e. The van der Waals surface area contributed by atoms with E-state index in [1.165, 1.54) is 5.56 Å². The first kappa shape index (κ1) is 13.9. The third-order valence-corrected chi connectivity index (χ3v) is 3.45. The van der Waals surface area contributed by atoms with Gasteiger partial charge in [-0.2, -0.15) is 11.3 Å². The molecule has 102 valence electrons. The van der Waals surface area contributed by atoms with Crippen LogP contribution in [0.25, 0.3) is 0 Å². The van der Waals surface area contributed by atoms with E-state index in [9.17, 15) is 0 Å². The summed E-state index contributed by atoms with van der Waals surface area (Å²) in [7, 11) is 4.09. The van der Waals surface area contributed by atoms with Gasteiger partial charge in [-0.1, -0.05) is 6.07 Å². The molecule has 0 saturated heterocycles. The zero-order valence-corrected chi connectivity index (χ0v) is 12.2. The molecule has 0 aliphatic rings. The second-order valence-corrected chi connectivity index (χ2v) is 5.44. The average Bonchev–Trinajstić information content (AvgIpc) is 2.89. The van der Waals surface area contributed by atoms with Crippen molar-refractivity contribution in [2.75, 3.05) is 32.6 Å². The lowest BCUT2D eigenvalue weighted by Crippen LogP contribution is -2.19. The molecule has 0 amide bonds. The molecule has 19 heavy (non-hydrogen) atoms. The summed E-state index contributed by atoms with van der Waals surface area (Å²) < 4.78 is 5.71. The van der Waals surface area contributed by atoms with Gasteiger partial charge in [0.25, 0.3) is 0 Å². The Balaban J connectivity index is 1.84. The number of ether oxygens (including phenoxy) is 1. The maximum atomic E-state index is 5.71. The molecular weight excluding hydrogens is 256 g/mol. The van der Waals surface area contributed by atoms with E-state index in [0.717, 1.165) is 24.5 Å². The zero-order valence-electron chi connectivity index (χ0n) is 11.4. The monoisotopic (exact) mass is 276 g/mol. The molecular formula is C15H20N2OS. The molecule has 1 aromatic carbocycles. The van der Waals surface area contributed by atoms with Crippen LogP contribution < -0.4 is 10.1 Å². The lowest BCUT2D eigenvalue weighted by molar-refractivity contribution is 0.261. The predicted octanol–water partition coefficient (Wildman–Crippen LogP) is 3.30. The minimum absolute atomic E-state index is 0.709. The lowest BCUT2D eigenvalue weighted by atomic mass is 10.2. The molecule has 3 nitrogen and oxygen atoms in total. The molecule has 0 spiro atoms. The van der Waals surface area contributed by atoms with Crippen LogP contribution in [0.2, 0.25) is 0 Å². The van der Waals surface area contributed by atoms with Crippen LogP contribution in [0.3, 0.4) is 0 Å². The van der Waals surface area contributed by atoms with Crippen molar-refractivity contribution in [2.24, 2.45) is 0 Å². The van der Waals surface area contributed by atoms with Crippen molar-refractivity contribution in [2.45, 2.75) is 6.54 Å². The Morgan fingerprint density at radius 3 is 2.89 bits per heavy atom. The number of rotatable bonds is 7. The van der Waals surface area contributed by atoms with Crippen molar-refractivity contribution in [3.05, 3.63) is 46.7 Å². The minimum atomic E-state index is 0.709. The number of anilines is 1. The second kappa shape index (κ2) is 7.16. The summed E-state index contributed by atoms with van der Waals surface area (Å²) >= 11 is 1.72. The summed E-state index contributed by atoms with van der Waals surface area (Å²) in [6.45, 7) is 2.48. The molecule has 2 aromatic rings. The van der Waals surface area contributed by atoms with Crippen LogP contribution in [0.1, 0.15) is 5.56 Å². The fraction of sp³-hybridized carbons (Fsp3) is 0.333. The van der Waals surface area contributed by atoms with Gasteiger partial charge in [0.1, 0.15) is 12.4 Å². The zero-order chi connectivity index (χ0) is 13.5. The molecule has 4 heteroatoms. The number of likely N-dealkylation sites (N-methyl/N-ethyl adjacent to an activating group) is 1. The molecule has 0 radical (unpaired) electrons. The average molecular weight is 276 g/mol. The Bertz CT molecular complexity index is 483. The van der Waals surface area contributed by atoms with Gasteiger partial charge < -0.3 is 15.0 Å². The minimum Gasteiger partial charge on any atom is -0.492 e. The highest BCUT2D eigenvalue weighted by Gasteiger charge is 1.98. The van der Waals surface area contributed by atoms with Gasteiger partial charge in [0, 0.05) is 24.8 Å². The Labute approximate surface area is 118 Å². The number of nitrogens with one attached hydrogen (secondary N) is 1. The van der Waals surface area contributed by atoms with Gasteiger partial charge in [0.15, 0.2) is 0 Å². The van der Waals surface area contributed by atoms with Crippen molar-refractivity contribution in [1.29, 1.82) is 0 Å². The fourth-order valence-corrected chi connectivity index (χ4v) is 2.31. The third kappa shape index (κ3) is 4.93. The highest BCUT2D eigenvalue weighted by Crippen LogP contribution is 2.18. The van der Waals surface area contributed by atoms with Crippen LogP contribution in [0.15, 0.2) is 41.1 Å². The van der Waals surface area contributed by atoms with E-state index >= 15 is 0 Å². The van der Waals surface area contributed by atoms with Gasteiger partial charge in [0.05, 0.1) is 0 Å². The summed E-state index contributed by atoms with van der Waals surface area (Å²) in [5.74, 6) is 0.914. The predicted molar refractivity (Wildman–Crippen MR) is 82.1 cm³/mol. The molecule has 1 aromatic heterocycles. The maximum Gasteiger partial charge on any atom is 0.121 e. The van der Waals surface area contributed by atoms with E-state index in [-0.39, 0.29) is 0 Å². The second-order valence-electron chi connectivity index (χ2n) is 4.66. The van der Waals surface area contributed by atoms with E-state index in [0.29, 0.717) is 6.61 Å². The van der Waals surface area contributed by atoms with E-state index in [1.54, 1.807) is 11.3 Å². The highest BCUT2D eigenvalue weighted by atomic mass is 32.1. The van der Waals surface area contributed by atoms with Crippen molar-refractivity contribution in [3.8, 4) is 5.75 Å². The van der Waals surface area contributed by atoms with Crippen LogP contribution in [-0.2, 0) is 6.54 Å². The summed E-state index contributed by atoms with van der Waals surface area (Å²) in [5.41, 5.74) is 2.40. The van der Waals surface area contributed by atoms with Crippen molar-refractivity contribution >= 4 is 17.0 Å². The smallest absolute Gasteiger partial charge is 0.121 e. The van der Waals surface area contributed by atoms with Gasteiger partial charge in [-0.05, 0) is 48.6 Å². The SMILES string of the molecule is CN(C)CCOc1cccc(NCc2ccsc2)c1. The molecule has 1 N–H and O–H groups in total. The van der Waals surface area contributed by atoms with Gasteiger partial charge in [-0.15, -0.1) is 0 Å². The van der Waals surface area contributed by atoms with Crippen LogP contribution in [-0.4, -0.2) is 32.1 Å². The first-order valence-electron chi connectivity index (χ1n) is 6.36. The van der Waals surface area contributed by atoms with Gasteiger partial charge >= 0.3 is 0 Å². The van der Waals surface area contributed by atoms with Crippen molar-refractivity contribution < 1.29 is 4.74 Å². The Morgan fingerprint density at radius 1 is 1.26 bits per heavy atom. The molecule has 0 saturated carbocycles. The molecule has 0 aliphatic carbocycles. The summed E-state index contributed by atoms with van der Waals surface area (Å²) in [4.78, 5) is 2.11. The number of thiophene rings is 1. The lowest BCUT2D eigenvalue weighted by Gasteiger charge is -2.12. The number of benzene rings is 1. The number of hydrogen-bond acceptors (Lipinski definition) is 4. The topological polar surface area (TPSA) is 24.5 Å². The van der Waals surface area contributed by atoms with Crippen LogP contribution >= 0.6 is 11.3 Å². The van der Waals surface area contributed by atoms with E-state index in [4.69, 9.17) is 4.74 Å². The molecule has 0 unspecified atom stereocenters. The molecule has 2 rings (SSSR count). The quantitative estimate of drug-likeness (QED) is 0.839. The van der Waals surface area contributed by atoms with Crippen molar-refractivity contribution in [3.63, 3.8) is 0 Å². The summed E-state index contributed by atoms with van der Waals surface area (Å²) in [6, 6.07) is 10.2. The molecule has 0 fully saturated rings. The third-order valence-electron chi connectivity index (χ3n) is 2.72. The standard InChI is InChI=1S/C15H20N2OS/c1-17(2)7-8-18-15-5-3-4-14(10-15)16-11-13-6-9-19-12-13/h3-6,9-10,12,16H,7-8,11H2,1-2H3. The molecule has 1 heterocycles. The first-order chi connectivity index (χ1) is 9.24. The fourth-order valence-electron chi connectivity index (χ4n) is 1.64. The Kier molecular flexibility index (Phi) is 5.24. The van der Waals surface area contributed by atoms with E-state index in [1.807, 2.05) is 32.3 Å². The normalized spacial score (nSPS) is 10.7. The van der Waals surface area contributed by atoms with E-state index in [2.05, 4.69) is 33.1 Å². The Morgan fingerprint density at radius 2 is 2.16 bits per heavy atom. The molecule has 0 aliphatic heterocycles. The van der Waals surface area contributed by atoms with E-state index < -0.39 is 0 Å². The van der Waals surface area contributed by atoms with Crippen LogP contribution in [0.5, 0.6) is 5.75 Å². The van der Waals surface area contributed by atoms with Gasteiger partial charge in [0.2, 0.25) is 0 Å². The summed E-state index contributed by atoms with van der Waals surface area (Å²) in [5, 5.41) is 7.66. The van der Waals surface area contributed by atoms with Crippen LogP contribution in [0, 0.1) is 0 Å². The maximum absolute atomic E-state index is 5.71. The van der Waals surface area contributed by atoms with Gasteiger partial charge in [-0.3, -0.25) is 0 Å². The number of nitrogens with zero attached hydrogens (tertiary/aromatic N) is 1. The Hall–Kier alpha value is -1.52. The number of hydrogen-bond donors (Lipinski definition) is 1. The van der Waals surface area contributed by atoms with Gasteiger partial charge in [-0.25, -0.2) is 0 Å². The highest BCUT2D eigenvalue weighted by molar-refractivity contribution is 7.07.